The maximum Gasteiger partial charge on any atom is 0.251 e. The standard InChI is InChI=1S/C23H28ClN3O2/c24-21-15-17(23(28)26-18-5-1-2-6-18)8-9-22(21)29-20-10-13-27(14-11-20)16-19-7-3-4-12-25-19/h3-4,7-9,12,15,18,20H,1-2,5-6,10-11,13-14,16H2,(H,26,28). The molecular weight excluding hydrogens is 386 g/mol. The molecule has 1 aliphatic carbocycles. The number of halogens is 1. The number of ether oxygens (including phenoxy) is 1. The molecule has 1 saturated heterocycles. The van der Waals surface area contributed by atoms with Crippen LogP contribution in [0.5, 0.6) is 5.75 Å². The molecule has 0 atom stereocenters. The van der Waals surface area contributed by atoms with Crippen LogP contribution in [0.15, 0.2) is 42.6 Å². The van der Waals surface area contributed by atoms with Crippen molar-refractivity contribution in [2.45, 2.75) is 57.2 Å². The number of benzene rings is 1. The van der Waals surface area contributed by atoms with Gasteiger partial charge in [-0.05, 0) is 56.0 Å². The van der Waals surface area contributed by atoms with Gasteiger partial charge in [0.05, 0.1) is 10.7 Å². The van der Waals surface area contributed by atoms with Crippen LogP contribution in [0.4, 0.5) is 0 Å². The Balaban J connectivity index is 1.28. The summed E-state index contributed by atoms with van der Waals surface area (Å²) in [5.74, 6) is 0.612. The van der Waals surface area contributed by atoms with E-state index < -0.39 is 0 Å². The summed E-state index contributed by atoms with van der Waals surface area (Å²) < 4.78 is 6.15. The number of piperidine rings is 1. The van der Waals surface area contributed by atoms with Gasteiger partial charge in [0.25, 0.3) is 5.91 Å². The van der Waals surface area contributed by atoms with Gasteiger partial charge in [-0.25, -0.2) is 0 Å². The Hall–Kier alpha value is -2.11. The van der Waals surface area contributed by atoms with Crippen molar-refractivity contribution in [1.82, 2.24) is 15.2 Å². The summed E-state index contributed by atoms with van der Waals surface area (Å²) in [4.78, 5) is 19.2. The molecule has 2 heterocycles. The quantitative estimate of drug-likeness (QED) is 0.760. The third-order valence-electron chi connectivity index (χ3n) is 5.82. The first kappa shape index (κ1) is 20.2. The summed E-state index contributed by atoms with van der Waals surface area (Å²) in [5.41, 5.74) is 1.70. The van der Waals surface area contributed by atoms with Crippen molar-refractivity contribution < 1.29 is 9.53 Å². The molecule has 1 aromatic carbocycles. The minimum Gasteiger partial charge on any atom is -0.489 e. The molecule has 1 aromatic heterocycles. The van der Waals surface area contributed by atoms with E-state index in [1.54, 1.807) is 6.07 Å². The van der Waals surface area contributed by atoms with Gasteiger partial charge in [0, 0.05) is 37.4 Å². The Morgan fingerprint density at radius 2 is 1.93 bits per heavy atom. The van der Waals surface area contributed by atoms with E-state index in [-0.39, 0.29) is 12.0 Å². The Kier molecular flexibility index (Phi) is 6.67. The minimum absolute atomic E-state index is 0.0480. The number of nitrogens with one attached hydrogen (secondary N) is 1. The molecule has 5 nitrogen and oxygen atoms in total. The lowest BCUT2D eigenvalue weighted by Gasteiger charge is -2.32. The van der Waals surface area contributed by atoms with Gasteiger partial charge in [0.2, 0.25) is 0 Å². The van der Waals surface area contributed by atoms with Crippen molar-refractivity contribution in [2.75, 3.05) is 13.1 Å². The highest BCUT2D eigenvalue weighted by atomic mass is 35.5. The van der Waals surface area contributed by atoms with Crippen molar-refractivity contribution in [3.8, 4) is 5.75 Å². The fourth-order valence-electron chi connectivity index (χ4n) is 4.16. The van der Waals surface area contributed by atoms with Crippen LogP contribution in [0.25, 0.3) is 0 Å². The highest BCUT2D eigenvalue weighted by Gasteiger charge is 2.22. The van der Waals surface area contributed by atoms with Crippen molar-refractivity contribution >= 4 is 17.5 Å². The first-order chi connectivity index (χ1) is 14.2. The van der Waals surface area contributed by atoms with Gasteiger partial charge in [-0.2, -0.15) is 0 Å². The van der Waals surface area contributed by atoms with Gasteiger partial charge in [-0.15, -0.1) is 0 Å². The lowest BCUT2D eigenvalue weighted by molar-refractivity contribution is 0.0936. The number of rotatable bonds is 6. The maximum atomic E-state index is 12.4. The smallest absolute Gasteiger partial charge is 0.251 e. The normalized spacial score (nSPS) is 18.7. The van der Waals surface area contributed by atoms with Crippen LogP contribution >= 0.6 is 11.6 Å². The van der Waals surface area contributed by atoms with E-state index >= 15 is 0 Å². The number of carbonyl (C=O) groups excluding carboxylic acids is 1. The molecule has 1 saturated carbocycles. The third kappa shape index (κ3) is 5.49. The van der Waals surface area contributed by atoms with Crippen molar-refractivity contribution in [1.29, 1.82) is 0 Å². The number of hydrogen-bond donors (Lipinski definition) is 1. The molecule has 4 rings (SSSR count). The molecule has 0 spiro atoms. The predicted octanol–water partition coefficient (Wildman–Crippen LogP) is 4.45. The van der Waals surface area contributed by atoms with E-state index in [1.807, 2.05) is 30.5 Å². The van der Waals surface area contributed by atoms with Crippen LogP contribution in [0.2, 0.25) is 5.02 Å². The summed E-state index contributed by atoms with van der Waals surface area (Å²) in [6, 6.07) is 11.7. The number of hydrogen-bond acceptors (Lipinski definition) is 4. The molecule has 1 aliphatic heterocycles. The van der Waals surface area contributed by atoms with Gasteiger partial charge >= 0.3 is 0 Å². The zero-order valence-electron chi connectivity index (χ0n) is 16.6. The van der Waals surface area contributed by atoms with Crippen LogP contribution in [-0.2, 0) is 6.54 Å². The maximum absolute atomic E-state index is 12.4. The Morgan fingerprint density at radius 3 is 2.62 bits per heavy atom. The summed E-state index contributed by atoms with van der Waals surface area (Å²) in [6.45, 7) is 2.82. The summed E-state index contributed by atoms with van der Waals surface area (Å²) in [6.07, 6.45) is 8.41. The van der Waals surface area contributed by atoms with E-state index in [4.69, 9.17) is 16.3 Å². The molecule has 2 aliphatic rings. The van der Waals surface area contributed by atoms with Crippen LogP contribution < -0.4 is 10.1 Å². The molecule has 0 unspecified atom stereocenters. The van der Waals surface area contributed by atoms with Crippen LogP contribution in [0.1, 0.15) is 54.6 Å². The molecule has 154 valence electrons. The zero-order valence-corrected chi connectivity index (χ0v) is 17.4. The van der Waals surface area contributed by atoms with Gasteiger partial charge in [-0.3, -0.25) is 14.7 Å². The zero-order chi connectivity index (χ0) is 20.1. The fourth-order valence-corrected chi connectivity index (χ4v) is 4.39. The Morgan fingerprint density at radius 1 is 1.14 bits per heavy atom. The van der Waals surface area contributed by atoms with Crippen LogP contribution in [0, 0.1) is 0 Å². The molecule has 6 heteroatoms. The number of aromatic nitrogens is 1. The van der Waals surface area contributed by atoms with Gasteiger partial charge in [-0.1, -0.05) is 30.5 Å². The van der Waals surface area contributed by atoms with Gasteiger partial charge in [0.1, 0.15) is 11.9 Å². The first-order valence-electron chi connectivity index (χ1n) is 10.6. The highest BCUT2D eigenvalue weighted by molar-refractivity contribution is 6.32. The van der Waals surface area contributed by atoms with Crippen molar-refractivity contribution in [3.63, 3.8) is 0 Å². The summed E-state index contributed by atoms with van der Waals surface area (Å²) in [5, 5.41) is 3.60. The van der Waals surface area contributed by atoms with E-state index in [0.717, 1.165) is 51.0 Å². The van der Waals surface area contributed by atoms with Crippen molar-refractivity contribution in [3.05, 3.63) is 58.9 Å². The van der Waals surface area contributed by atoms with E-state index in [2.05, 4.69) is 21.3 Å². The fraction of sp³-hybridized carbons (Fsp3) is 0.478. The minimum atomic E-state index is -0.0480. The lowest BCUT2D eigenvalue weighted by Crippen LogP contribution is -2.38. The second kappa shape index (κ2) is 9.59. The molecule has 29 heavy (non-hydrogen) atoms. The molecular formula is C23H28ClN3O2. The number of pyridine rings is 1. The first-order valence-corrected chi connectivity index (χ1v) is 10.9. The molecule has 1 amide bonds. The molecule has 0 bridgehead atoms. The van der Waals surface area contributed by atoms with E-state index in [1.165, 1.54) is 12.8 Å². The second-order valence-corrected chi connectivity index (χ2v) is 8.42. The topological polar surface area (TPSA) is 54.5 Å². The predicted molar refractivity (Wildman–Crippen MR) is 114 cm³/mol. The van der Waals surface area contributed by atoms with E-state index in [9.17, 15) is 4.79 Å². The SMILES string of the molecule is O=C(NC1CCCC1)c1ccc(OC2CCN(Cc3ccccn3)CC2)c(Cl)c1. The number of carbonyl (C=O) groups is 1. The lowest BCUT2D eigenvalue weighted by atomic mass is 10.1. The Labute approximate surface area is 177 Å². The number of nitrogens with zero attached hydrogens (tertiary/aromatic N) is 2. The van der Waals surface area contributed by atoms with Crippen molar-refractivity contribution in [2.24, 2.45) is 0 Å². The second-order valence-electron chi connectivity index (χ2n) is 8.01. The van der Waals surface area contributed by atoms with Crippen LogP contribution in [-0.4, -0.2) is 41.0 Å². The average molecular weight is 414 g/mol. The largest absolute Gasteiger partial charge is 0.489 e. The van der Waals surface area contributed by atoms with E-state index in [0.29, 0.717) is 22.4 Å². The summed E-state index contributed by atoms with van der Waals surface area (Å²) >= 11 is 6.42. The monoisotopic (exact) mass is 413 g/mol. The number of likely N-dealkylation sites (tertiary alicyclic amines) is 1. The Bertz CT molecular complexity index is 816. The van der Waals surface area contributed by atoms with Gasteiger partial charge in [0.15, 0.2) is 0 Å². The third-order valence-corrected chi connectivity index (χ3v) is 6.12. The average Bonchev–Trinajstić information content (AvgIpc) is 3.25. The summed E-state index contributed by atoms with van der Waals surface area (Å²) in [7, 11) is 0. The van der Waals surface area contributed by atoms with Gasteiger partial charge < -0.3 is 10.1 Å². The molecule has 1 N–H and O–H groups in total. The van der Waals surface area contributed by atoms with Crippen LogP contribution in [0.3, 0.4) is 0 Å². The highest BCUT2D eigenvalue weighted by Crippen LogP contribution is 2.29. The molecule has 2 fully saturated rings. The number of amides is 1. The molecule has 0 radical (unpaired) electrons. The molecule has 2 aromatic rings.